The lowest BCUT2D eigenvalue weighted by molar-refractivity contribution is 0.303. The fourth-order valence-electron chi connectivity index (χ4n) is 3.57. The molecule has 0 spiro atoms. The molecule has 0 amide bonds. The molecule has 3 aromatic rings. The first-order valence-electron chi connectivity index (χ1n) is 11.4. The summed E-state index contributed by atoms with van der Waals surface area (Å²) < 4.78 is 7.64. The lowest BCUT2D eigenvalue weighted by Crippen LogP contribution is -2.05. The number of rotatable bonds is 12. The summed E-state index contributed by atoms with van der Waals surface area (Å²) in [6, 6.07) is 9.41. The summed E-state index contributed by atoms with van der Waals surface area (Å²) in [5.74, 6) is 2.43. The van der Waals surface area contributed by atoms with E-state index in [2.05, 4.69) is 27.6 Å². The fraction of sp³-hybridized carbons (Fsp3) is 0.417. The molecule has 10 heteroatoms. The highest BCUT2D eigenvalue weighted by Crippen LogP contribution is 2.34. The number of tetrazole rings is 1. The van der Waals surface area contributed by atoms with Crippen LogP contribution in [-0.4, -0.2) is 48.6 Å². The van der Waals surface area contributed by atoms with Crippen LogP contribution in [0.1, 0.15) is 56.5 Å². The van der Waals surface area contributed by atoms with Crippen LogP contribution >= 0.6 is 23.4 Å². The van der Waals surface area contributed by atoms with E-state index in [0.29, 0.717) is 47.3 Å². The SMILES string of the molecule is CCCc1c(OCCCCSc2ccc(-n3nnnc3C)cc2Cl)ccc(C(CC)=NO)c1O. The summed E-state index contributed by atoms with van der Waals surface area (Å²) in [6.07, 6.45) is 3.91. The quantitative estimate of drug-likeness (QED) is 0.105. The van der Waals surface area contributed by atoms with Crippen LogP contribution in [0.15, 0.2) is 40.4 Å². The molecule has 0 aliphatic heterocycles. The van der Waals surface area contributed by atoms with Crippen molar-refractivity contribution in [2.45, 2.75) is 57.8 Å². The van der Waals surface area contributed by atoms with Crippen molar-refractivity contribution in [3.63, 3.8) is 0 Å². The highest BCUT2D eigenvalue weighted by Gasteiger charge is 2.16. The van der Waals surface area contributed by atoms with Gasteiger partial charge in [-0.1, -0.05) is 37.0 Å². The van der Waals surface area contributed by atoms with Crippen molar-refractivity contribution in [2.75, 3.05) is 12.4 Å². The molecule has 0 saturated carbocycles. The Kier molecular flexibility index (Phi) is 9.59. The molecule has 0 fully saturated rings. The number of aromatic nitrogens is 4. The second-order valence-electron chi connectivity index (χ2n) is 7.75. The van der Waals surface area contributed by atoms with Gasteiger partial charge >= 0.3 is 0 Å². The molecule has 34 heavy (non-hydrogen) atoms. The molecule has 8 nitrogen and oxygen atoms in total. The average Bonchev–Trinajstić information content (AvgIpc) is 3.26. The molecular weight excluding hydrogens is 474 g/mol. The van der Waals surface area contributed by atoms with Gasteiger partial charge in [0.15, 0.2) is 5.82 Å². The molecule has 0 saturated heterocycles. The van der Waals surface area contributed by atoms with Gasteiger partial charge < -0.3 is 15.1 Å². The first kappa shape index (κ1) is 25.8. The number of hydrogen-bond donors (Lipinski definition) is 2. The van der Waals surface area contributed by atoms with Crippen molar-refractivity contribution in [1.29, 1.82) is 0 Å². The number of halogens is 1. The summed E-state index contributed by atoms with van der Waals surface area (Å²) in [7, 11) is 0. The molecule has 1 heterocycles. The van der Waals surface area contributed by atoms with Gasteiger partial charge in [0, 0.05) is 16.0 Å². The zero-order valence-corrected chi connectivity index (χ0v) is 21.2. The number of nitrogens with zero attached hydrogens (tertiary/aromatic N) is 5. The van der Waals surface area contributed by atoms with Gasteiger partial charge in [0.05, 0.1) is 23.0 Å². The highest BCUT2D eigenvalue weighted by atomic mass is 35.5. The van der Waals surface area contributed by atoms with Crippen LogP contribution in [0.2, 0.25) is 5.02 Å². The monoisotopic (exact) mass is 503 g/mol. The zero-order chi connectivity index (χ0) is 24.5. The Bertz CT molecular complexity index is 1140. The molecule has 182 valence electrons. The van der Waals surface area contributed by atoms with Crippen LogP contribution in [0.4, 0.5) is 0 Å². The fourth-order valence-corrected chi connectivity index (χ4v) is 4.84. The van der Waals surface area contributed by atoms with E-state index < -0.39 is 0 Å². The number of phenolic OH excluding ortho intramolecular Hbond substituents is 1. The van der Waals surface area contributed by atoms with Crippen LogP contribution in [0, 0.1) is 6.92 Å². The van der Waals surface area contributed by atoms with Crippen LogP contribution < -0.4 is 4.74 Å². The van der Waals surface area contributed by atoms with Crippen molar-refractivity contribution >= 4 is 29.1 Å². The van der Waals surface area contributed by atoms with E-state index in [0.717, 1.165) is 41.2 Å². The minimum atomic E-state index is 0.138. The number of aromatic hydroxyl groups is 1. The third-order valence-electron chi connectivity index (χ3n) is 5.35. The predicted molar refractivity (Wildman–Crippen MR) is 135 cm³/mol. The maximum absolute atomic E-state index is 10.7. The van der Waals surface area contributed by atoms with Crippen molar-refractivity contribution < 1.29 is 15.1 Å². The van der Waals surface area contributed by atoms with E-state index in [1.54, 1.807) is 22.5 Å². The number of phenols is 1. The molecule has 0 aliphatic carbocycles. The maximum atomic E-state index is 10.7. The molecule has 2 N–H and O–H groups in total. The van der Waals surface area contributed by atoms with Crippen molar-refractivity contribution in [3.05, 3.63) is 52.3 Å². The smallest absolute Gasteiger partial charge is 0.153 e. The van der Waals surface area contributed by atoms with Gasteiger partial charge in [-0.25, -0.2) is 0 Å². The Labute approximate surface area is 209 Å². The summed E-state index contributed by atoms with van der Waals surface area (Å²) in [5.41, 5.74) is 2.60. The van der Waals surface area contributed by atoms with E-state index >= 15 is 0 Å². The van der Waals surface area contributed by atoms with Gasteiger partial charge in [0.1, 0.15) is 11.5 Å². The summed E-state index contributed by atoms with van der Waals surface area (Å²) in [6.45, 7) is 6.32. The van der Waals surface area contributed by atoms with Gasteiger partial charge in [-0.2, -0.15) is 4.68 Å². The summed E-state index contributed by atoms with van der Waals surface area (Å²) in [4.78, 5) is 1.01. The van der Waals surface area contributed by atoms with Crippen LogP contribution in [-0.2, 0) is 6.42 Å². The van der Waals surface area contributed by atoms with Gasteiger partial charge in [0.25, 0.3) is 0 Å². The average molecular weight is 504 g/mol. The third-order valence-corrected chi connectivity index (χ3v) is 6.93. The van der Waals surface area contributed by atoms with E-state index in [9.17, 15) is 10.3 Å². The third kappa shape index (κ3) is 6.21. The zero-order valence-electron chi connectivity index (χ0n) is 19.7. The largest absolute Gasteiger partial charge is 0.507 e. The van der Waals surface area contributed by atoms with Gasteiger partial charge in [-0.05, 0) is 79.1 Å². The Hall–Kier alpha value is -2.78. The van der Waals surface area contributed by atoms with Crippen molar-refractivity contribution in [2.24, 2.45) is 5.16 Å². The van der Waals surface area contributed by atoms with Crippen molar-refractivity contribution in [1.82, 2.24) is 20.2 Å². The Morgan fingerprint density at radius 2 is 2.03 bits per heavy atom. The van der Waals surface area contributed by atoms with Crippen LogP contribution in [0.5, 0.6) is 11.5 Å². The molecule has 2 aromatic carbocycles. The lowest BCUT2D eigenvalue weighted by Gasteiger charge is -2.16. The summed E-state index contributed by atoms with van der Waals surface area (Å²) in [5, 5.41) is 35.4. The van der Waals surface area contributed by atoms with E-state index in [1.807, 2.05) is 38.1 Å². The maximum Gasteiger partial charge on any atom is 0.153 e. The first-order chi connectivity index (χ1) is 16.5. The molecule has 0 radical (unpaired) electrons. The molecular formula is C24H30ClN5O3S. The minimum absolute atomic E-state index is 0.138. The van der Waals surface area contributed by atoms with E-state index in [4.69, 9.17) is 16.3 Å². The number of thioether (sulfide) groups is 1. The van der Waals surface area contributed by atoms with Gasteiger partial charge in [-0.3, -0.25) is 0 Å². The summed E-state index contributed by atoms with van der Waals surface area (Å²) >= 11 is 8.16. The number of unbranched alkanes of at least 4 members (excludes halogenated alkanes) is 1. The molecule has 0 atom stereocenters. The number of aryl methyl sites for hydroxylation is 1. The van der Waals surface area contributed by atoms with E-state index in [1.165, 1.54) is 0 Å². The molecule has 0 unspecified atom stereocenters. The number of oxime groups is 1. The standard InChI is InChI=1S/C24H30ClN5O3S/c1-4-8-19-22(11-10-18(24(19)31)21(5-2)27-32)33-13-6-7-14-34-23-12-9-17(15-20(23)25)30-16(3)26-28-29-30/h9-12,15,31-32H,4-8,13-14H2,1-3H3. The van der Waals surface area contributed by atoms with Crippen LogP contribution in [0.3, 0.4) is 0 Å². The Balaban J connectivity index is 1.51. The topological polar surface area (TPSA) is 106 Å². The molecule has 0 bridgehead atoms. The second-order valence-corrected chi connectivity index (χ2v) is 9.29. The first-order valence-corrected chi connectivity index (χ1v) is 12.7. The van der Waals surface area contributed by atoms with E-state index in [-0.39, 0.29) is 5.75 Å². The number of ether oxygens (including phenoxy) is 1. The van der Waals surface area contributed by atoms with Gasteiger partial charge in [-0.15, -0.1) is 16.9 Å². The normalized spacial score (nSPS) is 11.7. The Morgan fingerprint density at radius 1 is 1.21 bits per heavy atom. The number of benzene rings is 2. The number of hydrogen-bond acceptors (Lipinski definition) is 8. The highest BCUT2D eigenvalue weighted by molar-refractivity contribution is 7.99. The van der Waals surface area contributed by atoms with Crippen molar-refractivity contribution in [3.8, 4) is 17.2 Å². The molecule has 3 rings (SSSR count). The van der Waals surface area contributed by atoms with Gasteiger partial charge in [0.2, 0.25) is 0 Å². The second kappa shape index (κ2) is 12.6. The molecule has 0 aliphatic rings. The van der Waals surface area contributed by atoms with Crippen LogP contribution in [0.25, 0.3) is 5.69 Å². The minimum Gasteiger partial charge on any atom is -0.507 e. The Morgan fingerprint density at radius 3 is 2.68 bits per heavy atom. The molecule has 1 aromatic heterocycles. The predicted octanol–water partition coefficient (Wildman–Crippen LogP) is 5.82. The lowest BCUT2D eigenvalue weighted by atomic mass is 9.99.